The Kier molecular flexibility index (Phi) is 5.85. The maximum Gasteiger partial charge on any atom is 0.227 e. The summed E-state index contributed by atoms with van der Waals surface area (Å²) in [5.41, 5.74) is 1.78. The topological polar surface area (TPSA) is 97.1 Å². The van der Waals surface area contributed by atoms with Crippen molar-refractivity contribution in [3.05, 3.63) is 41.4 Å². The molecule has 2 aromatic rings. The highest BCUT2D eigenvalue weighted by Gasteiger charge is 2.11. The van der Waals surface area contributed by atoms with Crippen LogP contribution in [-0.4, -0.2) is 28.5 Å². The van der Waals surface area contributed by atoms with Crippen molar-refractivity contribution in [2.24, 2.45) is 0 Å². The number of rotatable bonds is 7. The molecule has 0 aliphatic carbocycles. The normalized spacial score (nSPS) is 10.3. The van der Waals surface area contributed by atoms with Gasteiger partial charge in [-0.2, -0.15) is 0 Å². The van der Waals surface area contributed by atoms with Crippen LogP contribution in [0.3, 0.4) is 0 Å². The molecule has 2 N–H and O–H groups in total. The van der Waals surface area contributed by atoms with Crippen molar-refractivity contribution in [2.75, 3.05) is 11.9 Å². The van der Waals surface area contributed by atoms with E-state index >= 15 is 0 Å². The predicted molar refractivity (Wildman–Crippen MR) is 84.8 cm³/mol. The Morgan fingerprint density at radius 3 is 2.65 bits per heavy atom. The van der Waals surface area contributed by atoms with E-state index in [1.807, 2.05) is 13.8 Å². The minimum atomic E-state index is -0.185. The highest BCUT2D eigenvalue weighted by Crippen LogP contribution is 2.14. The number of hydrogen-bond donors (Lipinski definition) is 2. The minimum Gasteiger partial charge on any atom is -0.361 e. The first-order valence-corrected chi connectivity index (χ1v) is 7.45. The molecule has 0 spiro atoms. The summed E-state index contributed by atoms with van der Waals surface area (Å²) in [5.74, 6) is 0.956. The van der Waals surface area contributed by atoms with Gasteiger partial charge < -0.3 is 15.2 Å². The number of carbonyl (C=O) groups excluding carboxylic acids is 2. The van der Waals surface area contributed by atoms with Crippen LogP contribution in [-0.2, 0) is 16.0 Å². The first-order valence-electron chi connectivity index (χ1n) is 7.45. The van der Waals surface area contributed by atoms with Crippen LogP contribution in [0.1, 0.15) is 29.9 Å². The molecule has 0 radical (unpaired) electrons. The fourth-order valence-electron chi connectivity index (χ4n) is 2.14. The van der Waals surface area contributed by atoms with Gasteiger partial charge in [0.2, 0.25) is 11.8 Å². The van der Waals surface area contributed by atoms with Crippen LogP contribution in [0.4, 0.5) is 5.82 Å². The molecule has 0 saturated carbocycles. The molecule has 2 amide bonds. The first-order chi connectivity index (χ1) is 11.1. The monoisotopic (exact) mass is 316 g/mol. The van der Waals surface area contributed by atoms with E-state index in [1.54, 1.807) is 24.4 Å². The molecule has 0 atom stereocenters. The third-order valence-corrected chi connectivity index (χ3v) is 3.39. The summed E-state index contributed by atoms with van der Waals surface area (Å²) >= 11 is 0. The zero-order valence-corrected chi connectivity index (χ0v) is 13.3. The van der Waals surface area contributed by atoms with Gasteiger partial charge in [-0.05, 0) is 32.4 Å². The Labute approximate surface area is 134 Å². The van der Waals surface area contributed by atoms with E-state index in [4.69, 9.17) is 4.52 Å². The number of nitrogens with one attached hydrogen (secondary N) is 2. The second kappa shape index (κ2) is 8.07. The Hall–Kier alpha value is -2.70. The van der Waals surface area contributed by atoms with Gasteiger partial charge in [-0.1, -0.05) is 11.2 Å². The van der Waals surface area contributed by atoms with Gasteiger partial charge in [0, 0.05) is 31.1 Å². The van der Waals surface area contributed by atoms with Crippen LogP contribution in [0.5, 0.6) is 0 Å². The predicted octanol–water partition coefficient (Wildman–Crippen LogP) is 1.76. The van der Waals surface area contributed by atoms with E-state index in [-0.39, 0.29) is 18.2 Å². The van der Waals surface area contributed by atoms with Crippen molar-refractivity contribution >= 4 is 17.6 Å². The Morgan fingerprint density at radius 2 is 2.00 bits per heavy atom. The lowest BCUT2D eigenvalue weighted by Gasteiger charge is -2.06. The number of carbonyl (C=O) groups is 2. The third kappa shape index (κ3) is 5.21. The van der Waals surface area contributed by atoms with Gasteiger partial charge in [0.15, 0.2) is 0 Å². The summed E-state index contributed by atoms with van der Waals surface area (Å²) in [6.45, 7) is 3.97. The number of anilines is 1. The lowest BCUT2D eigenvalue weighted by molar-refractivity contribution is -0.121. The Morgan fingerprint density at radius 1 is 1.17 bits per heavy atom. The summed E-state index contributed by atoms with van der Waals surface area (Å²) in [7, 11) is 0. The summed E-state index contributed by atoms with van der Waals surface area (Å²) in [6.07, 6.45) is 2.72. The molecule has 7 nitrogen and oxygen atoms in total. The summed E-state index contributed by atoms with van der Waals surface area (Å²) in [6, 6.07) is 5.27. The standard InChI is InChI=1S/C16H20N4O3/c1-11-13(12(2)23-20-11)6-7-15(21)18-10-8-16(22)19-14-5-3-4-9-17-14/h3-5,9H,6-8,10H2,1-2H3,(H,18,21)(H,17,19,22). The maximum absolute atomic E-state index is 11.8. The van der Waals surface area contributed by atoms with Gasteiger partial charge in [0.1, 0.15) is 11.6 Å². The lowest BCUT2D eigenvalue weighted by atomic mass is 10.1. The largest absolute Gasteiger partial charge is 0.361 e. The maximum atomic E-state index is 11.8. The minimum absolute atomic E-state index is 0.101. The highest BCUT2D eigenvalue weighted by molar-refractivity contribution is 5.90. The molecule has 0 bridgehead atoms. The molecule has 0 fully saturated rings. The second-order valence-corrected chi connectivity index (χ2v) is 5.17. The second-order valence-electron chi connectivity index (χ2n) is 5.17. The number of amides is 2. The molecule has 0 unspecified atom stereocenters. The zero-order valence-electron chi connectivity index (χ0n) is 13.3. The van der Waals surface area contributed by atoms with E-state index in [9.17, 15) is 9.59 Å². The van der Waals surface area contributed by atoms with Crippen LogP contribution >= 0.6 is 0 Å². The third-order valence-electron chi connectivity index (χ3n) is 3.39. The van der Waals surface area contributed by atoms with Crippen LogP contribution < -0.4 is 10.6 Å². The summed E-state index contributed by atoms with van der Waals surface area (Å²) < 4.78 is 5.06. The molecule has 0 aromatic carbocycles. The molecule has 122 valence electrons. The van der Waals surface area contributed by atoms with Crippen LogP contribution in [0.15, 0.2) is 28.9 Å². The van der Waals surface area contributed by atoms with Crippen molar-refractivity contribution in [2.45, 2.75) is 33.1 Å². The van der Waals surface area contributed by atoms with E-state index in [0.717, 1.165) is 17.0 Å². The van der Waals surface area contributed by atoms with Crippen molar-refractivity contribution in [3.8, 4) is 0 Å². The van der Waals surface area contributed by atoms with Gasteiger partial charge >= 0.3 is 0 Å². The molecule has 0 aliphatic heterocycles. The first kappa shape index (κ1) is 16.7. The van der Waals surface area contributed by atoms with Gasteiger partial charge in [-0.3, -0.25) is 9.59 Å². The Balaban J connectivity index is 1.66. The molecule has 7 heteroatoms. The molecule has 0 saturated heterocycles. The molecular weight excluding hydrogens is 296 g/mol. The molecule has 2 aromatic heterocycles. The average Bonchev–Trinajstić information content (AvgIpc) is 2.85. The zero-order chi connectivity index (χ0) is 16.7. The van der Waals surface area contributed by atoms with Gasteiger partial charge in [0.05, 0.1) is 5.69 Å². The lowest BCUT2D eigenvalue weighted by Crippen LogP contribution is -2.28. The van der Waals surface area contributed by atoms with E-state index in [2.05, 4.69) is 20.8 Å². The van der Waals surface area contributed by atoms with Crippen molar-refractivity contribution in [3.63, 3.8) is 0 Å². The number of nitrogens with zero attached hydrogens (tertiary/aromatic N) is 2. The molecule has 23 heavy (non-hydrogen) atoms. The summed E-state index contributed by atoms with van der Waals surface area (Å²) in [4.78, 5) is 27.5. The quantitative estimate of drug-likeness (QED) is 0.811. The highest BCUT2D eigenvalue weighted by atomic mass is 16.5. The van der Waals surface area contributed by atoms with Crippen LogP contribution in [0.2, 0.25) is 0 Å². The van der Waals surface area contributed by atoms with Crippen molar-refractivity contribution in [1.82, 2.24) is 15.5 Å². The summed E-state index contributed by atoms with van der Waals surface area (Å²) in [5, 5.41) is 9.25. The van der Waals surface area contributed by atoms with Crippen molar-refractivity contribution < 1.29 is 14.1 Å². The van der Waals surface area contributed by atoms with Crippen molar-refractivity contribution in [1.29, 1.82) is 0 Å². The fraction of sp³-hybridized carbons (Fsp3) is 0.375. The van der Waals surface area contributed by atoms with Gasteiger partial charge in [-0.15, -0.1) is 0 Å². The SMILES string of the molecule is Cc1noc(C)c1CCC(=O)NCCC(=O)Nc1ccccn1. The average molecular weight is 316 g/mol. The molecular formula is C16H20N4O3. The van der Waals surface area contributed by atoms with Crippen LogP contribution in [0, 0.1) is 13.8 Å². The Bertz CT molecular complexity index is 648. The van der Waals surface area contributed by atoms with Gasteiger partial charge in [0.25, 0.3) is 0 Å². The van der Waals surface area contributed by atoms with Crippen LogP contribution in [0.25, 0.3) is 0 Å². The smallest absolute Gasteiger partial charge is 0.227 e. The van der Waals surface area contributed by atoms with E-state index < -0.39 is 0 Å². The number of hydrogen-bond acceptors (Lipinski definition) is 5. The number of aryl methyl sites for hydroxylation is 2. The van der Waals surface area contributed by atoms with Gasteiger partial charge in [-0.25, -0.2) is 4.98 Å². The van der Waals surface area contributed by atoms with E-state index in [0.29, 0.717) is 25.2 Å². The molecule has 0 aliphatic rings. The molecule has 2 rings (SSSR count). The number of aromatic nitrogens is 2. The number of pyridine rings is 1. The molecule has 2 heterocycles. The fourth-order valence-corrected chi connectivity index (χ4v) is 2.14. The van der Waals surface area contributed by atoms with E-state index in [1.165, 1.54) is 0 Å².